The molecule has 1 aliphatic rings. The molecule has 1 atom stereocenters. The van der Waals surface area contributed by atoms with Crippen molar-refractivity contribution in [3.8, 4) is 5.88 Å². The second kappa shape index (κ2) is 7.03. The molecule has 3 rings (SSSR count). The van der Waals surface area contributed by atoms with Crippen molar-refractivity contribution in [1.29, 1.82) is 0 Å². The lowest BCUT2D eigenvalue weighted by Crippen LogP contribution is -2.27. The zero-order valence-corrected chi connectivity index (χ0v) is 14.2. The Morgan fingerprint density at radius 2 is 2.08 bits per heavy atom. The molecule has 0 aliphatic carbocycles. The molecule has 2 aromatic rings. The molecule has 1 fully saturated rings. The van der Waals surface area contributed by atoms with Gasteiger partial charge in [-0.25, -0.2) is 4.98 Å². The Morgan fingerprint density at radius 3 is 2.69 bits per heavy atom. The standard InChI is InChI=1S/C17H15ClF3N3O2/c18-13-3-1-2-12(16(22)25)15(13)24-7-6-11(9-24)26-14-5-4-10(8-23-14)17(19,20)21/h1-5,8,11H,6-7,9H2,(H2,22,25)/t11-/m1/s1. The van der Waals surface area contributed by atoms with Crippen LogP contribution in [0.2, 0.25) is 5.02 Å². The number of anilines is 1. The monoisotopic (exact) mass is 385 g/mol. The van der Waals surface area contributed by atoms with Crippen molar-refractivity contribution in [2.75, 3.05) is 18.0 Å². The summed E-state index contributed by atoms with van der Waals surface area (Å²) in [7, 11) is 0. The molecule has 1 saturated heterocycles. The third-order valence-corrected chi connectivity index (χ3v) is 4.37. The van der Waals surface area contributed by atoms with Crippen LogP contribution in [-0.2, 0) is 6.18 Å². The number of ether oxygens (including phenoxy) is 1. The fraction of sp³-hybridized carbons (Fsp3) is 0.294. The molecule has 0 spiro atoms. The number of halogens is 4. The number of carbonyl (C=O) groups is 1. The first-order valence-electron chi connectivity index (χ1n) is 7.79. The number of nitrogens with zero attached hydrogens (tertiary/aromatic N) is 2. The van der Waals surface area contributed by atoms with E-state index in [0.29, 0.717) is 35.8 Å². The summed E-state index contributed by atoms with van der Waals surface area (Å²) in [4.78, 5) is 17.2. The molecule has 1 amide bonds. The van der Waals surface area contributed by atoms with Crippen LogP contribution >= 0.6 is 11.6 Å². The highest BCUT2D eigenvalue weighted by Crippen LogP contribution is 2.33. The second-order valence-corrected chi connectivity index (χ2v) is 6.26. The minimum atomic E-state index is -4.44. The van der Waals surface area contributed by atoms with Crippen LogP contribution in [0.4, 0.5) is 18.9 Å². The highest BCUT2D eigenvalue weighted by molar-refractivity contribution is 6.34. The minimum absolute atomic E-state index is 0.110. The van der Waals surface area contributed by atoms with E-state index in [2.05, 4.69) is 4.98 Å². The summed E-state index contributed by atoms with van der Waals surface area (Å²) < 4.78 is 43.4. The van der Waals surface area contributed by atoms with Gasteiger partial charge in [0.05, 0.1) is 28.4 Å². The van der Waals surface area contributed by atoms with Gasteiger partial charge >= 0.3 is 6.18 Å². The quantitative estimate of drug-likeness (QED) is 0.874. The van der Waals surface area contributed by atoms with Crippen molar-refractivity contribution < 1.29 is 22.7 Å². The van der Waals surface area contributed by atoms with Gasteiger partial charge < -0.3 is 15.4 Å². The van der Waals surface area contributed by atoms with Gasteiger partial charge in [-0.05, 0) is 18.2 Å². The fourth-order valence-corrected chi connectivity index (χ4v) is 3.15. The third-order valence-electron chi connectivity index (χ3n) is 4.06. The number of para-hydroxylation sites is 1. The fourth-order valence-electron chi connectivity index (χ4n) is 2.85. The van der Waals surface area contributed by atoms with Crippen molar-refractivity contribution in [2.45, 2.75) is 18.7 Å². The summed E-state index contributed by atoms with van der Waals surface area (Å²) in [5.41, 5.74) is 5.41. The predicted octanol–water partition coefficient (Wildman–Crippen LogP) is 3.51. The number of benzene rings is 1. The summed E-state index contributed by atoms with van der Waals surface area (Å²) in [5, 5.41) is 0.398. The lowest BCUT2D eigenvalue weighted by molar-refractivity contribution is -0.137. The van der Waals surface area contributed by atoms with Crippen LogP contribution in [0.25, 0.3) is 0 Å². The van der Waals surface area contributed by atoms with Crippen LogP contribution in [0.15, 0.2) is 36.5 Å². The van der Waals surface area contributed by atoms with E-state index in [1.54, 1.807) is 18.2 Å². The van der Waals surface area contributed by atoms with Crippen LogP contribution in [-0.4, -0.2) is 30.1 Å². The average molecular weight is 386 g/mol. The normalized spacial score (nSPS) is 17.4. The SMILES string of the molecule is NC(=O)c1cccc(Cl)c1N1CC[C@@H](Oc2ccc(C(F)(F)F)cn2)C1. The molecule has 5 nitrogen and oxygen atoms in total. The summed E-state index contributed by atoms with van der Waals surface area (Å²) in [6, 6.07) is 7.01. The first-order valence-corrected chi connectivity index (χ1v) is 8.16. The second-order valence-electron chi connectivity index (χ2n) is 5.86. The maximum absolute atomic E-state index is 12.6. The highest BCUT2D eigenvalue weighted by Gasteiger charge is 2.31. The van der Waals surface area contributed by atoms with Gasteiger partial charge in [0.2, 0.25) is 5.88 Å². The molecule has 0 saturated carbocycles. The summed E-state index contributed by atoms with van der Waals surface area (Å²) in [5.74, 6) is -0.476. The molecule has 0 unspecified atom stereocenters. The number of amides is 1. The zero-order chi connectivity index (χ0) is 18.9. The number of alkyl halides is 3. The zero-order valence-electron chi connectivity index (χ0n) is 13.5. The maximum Gasteiger partial charge on any atom is 0.417 e. The third kappa shape index (κ3) is 3.85. The van der Waals surface area contributed by atoms with Crippen LogP contribution in [0, 0.1) is 0 Å². The predicted molar refractivity (Wildman–Crippen MR) is 90.5 cm³/mol. The van der Waals surface area contributed by atoms with Crippen molar-refractivity contribution in [3.05, 3.63) is 52.7 Å². The number of pyridine rings is 1. The lowest BCUT2D eigenvalue weighted by atomic mass is 10.1. The molecule has 1 aromatic heterocycles. The van der Waals surface area contributed by atoms with Gasteiger partial charge in [-0.1, -0.05) is 17.7 Å². The van der Waals surface area contributed by atoms with Gasteiger partial charge in [-0.3, -0.25) is 4.79 Å². The topological polar surface area (TPSA) is 68.5 Å². The molecular weight excluding hydrogens is 371 g/mol. The number of aromatic nitrogens is 1. The first kappa shape index (κ1) is 18.3. The molecule has 1 aromatic carbocycles. The van der Waals surface area contributed by atoms with E-state index in [1.165, 1.54) is 6.07 Å². The molecule has 0 bridgehead atoms. The van der Waals surface area contributed by atoms with Gasteiger partial charge in [-0.2, -0.15) is 13.2 Å². The van der Waals surface area contributed by atoms with Crippen molar-refractivity contribution >= 4 is 23.2 Å². The van der Waals surface area contributed by atoms with Crippen molar-refractivity contribution in [2.24, 2.45) is 5.73 Å². The maximum atomic E-state index is 12.6. The van der Waals surface area contributed by atoms with Gasteiger partial charge in [0.1, 0.15) is 6.10 Å². The molecular formula is C17H15ClF3N3O2. The summed E-state index contributed by atoms with van der Waals surface area (Å²) >= 11 is 6.21. The molecule has 1 aliphatic heterocycles. The number of carbonyl (C=O) groups excluding carboxylic acids is 1. The Morgan fingerprint density at radius 1 is 1.31 bits per heavy atom. The number of rotatable bonds is 4. The number of hydrogen-bond donors (Lipinski definition) is 1. The number of nitrogens with two attached hydrogens (primary N) is 1. The van der Waals surface area contributed by atoms with E-state index in [1.807, 2.05) is 4.90 Å². The summed E-state index contributed by atoms with van der Waals surface area (Å²) in [6.07, 6.45) is -3.39. The number of hydrogen-bond acceptors (Lipinski definition) is 4. The average Bonchev–Trinajstić information content (AvgIpc) is 3.02. The summed E-state index contributed by atoms with van der Waals surface area (Å²) in [6.45, 7) is 0.974. The molecule has 26 heavy (non-hydrogen) atoms. The van der Waals surface area contributed by atoms with Gasteiger partial charge in [0, 0.05) is 25.2 Å². The Balaban J connectivity index is 1.71. The van der Waals surface area contributed by atoms with E-state index in [4.69, 9.17) is 22.1 Å². The van der Waals surface area contributed by atoms with E-state index < -0.39 is 17.6 Å². The lowest BCUT2D eigenvalue weighted by Gasteiger charge is -2.22. The van der Waals surface area contributed by atoms with E-state index in [0.717, 1.165) is 12.3 Å². The van der Waals surface area contributed by atoms with Gasteiger partial charge in [0.25, 0.3) is 5.91 Å². The largest absolute Gasteiger partial charge is 0.472 e. The smallest absolute Gasteiger partial charge is 0.417 e. The van der Waals surface area contributed by atoms with Crippen LogP contribution in [0.5, 0.6) is 5.88 Å². The highest BCUT2D eigenvalue weighted by atomic mass is 35.5. The van der Waals surface area contributed by atoms with E-state index in [-0.39, 0.29) is 12.0 Å². The molecule has 2 N–H and O–H groups in total. The van der Waals surface area contributed by atoms with E-state index in [9.17, 15) is 18.0 Å². The molecule has 2 heterocycles. The van der Waals surface area contributed by atoms with Gasteiger partial charge in [0.15, 0.2) is 0 Å². The Bertz CT molecular complexity index is 812. The van der Waals surface area contributed by atoms with Crippen LogP contribution in [0.3, 0.4) is 0 Å². The number of primary amides is 1. The molecule has 0 radical (unpaired) electrons. The van der Waals surface area contributed by atoms with E-state index >= 15 is 0 Å². The Labute approximate surface area is 152 Å². The Kier molecular flexibility index (Phi) is 4.95. The minimum Gasteiger partial charge on any atom is -0.472 e. The first-order chi connectivity index (χ1) is 12.3. The van der Waals surface area contributed by atoms with Crippen molar-refractivity contribution in [3.63, 3.8) is 0 Å². The Hall–Kier alpha value is -2.48. The molecule has 138 valence electrons. The van der Waals surface area contributed by atoms with Crippen LogP contribution < -0.4 is 15.4 Å². The van der Waals surface area contributed by atoms with Gasteiger partial charge in [-0.15, -0.1) is 0 Å². The van der Waals surface area contributed by atoms with Crippen LogP contribution in [0.1, 0.15) is 22.3 Å². The van der Waals surface area contributed by atoms with Crippen molar-refractivity contribution in [1.82, 2.24) is 4.98 Å². The molecule has 9 heteroatoms.